The highest BCUT2D eigenvalue weighted by molar-refractivity contribution is 8.76. The van der Waals surface area contributed by atoms with E-state index in [0.717, 1.165) is 43.4 Å². The summed E-state index contributed by atoms with van der Waals surface area (Å²) in [6.45, 7) is 2.77. The normalized spacial score (nSPS) is 21.3. The summed E-state index contributed by atoms with van der Waals surface area (Å²) in [4.78, 5) is 141. The van der Waals surface area contributed by atoms with E-state index in [1.165, 1.54) is 13.8 Å². The van der Waals surface area contributed by atoms with E-state index in [4.69, 9.17) is 28.7 Å². The van der Waals surface area contributed by atoms with Gasteiger partial charge in [-0.2, -0.15) is 0 Å². The summed E-state index contributed by atoms with van der Waals surface area (Å²) < 4.78 is 0. The molecule has 8 atom stereocenters. The molecular formula is C54H71N17O9S2. The highest BCUT2D eigenvalue weighted by Crippen LogP contribution is 2.25. The maximum absolute atomic E-state index is 14.9. The third-order valence-corrected chi connectivity index (χ3v) is 15.6. The SMILES string of the molecule is CC(=O)N[C@@H](CCCN=C(N)N)C(=O)N[C@H]1CSSC[C@@H](C(N)=O)NC(=O)[C@H](Cc2c[nH]c3ccccc23)NC(=O)[C@H](CCCN=C(N)N)NC(=O)[C@@H](Cc2ccccc2)NC(=O)[C@H](Cc2c[nH]c3ccccc23)NC(=O)[C@@H](C)NC1=O. The molecule has 20 N–H and O–H groups in total. The molecule has 1 saturated heterocycles. The number of carbonyl (C=O) groups excluding carboxylic acids is 9. The zero-order valence-electron chi connectivity index (χ0n) is 45.3. The number of benzene rings is 3. The Bertz CT molecular complexity index is 3130. The molecule has 3 aromatic carbocycles. The molecule has 9 amide bonds. The van der Waals surface area contributed by atoms with Crippen LogP contribution in [0.4, 0.5) is 0 Å². The van der Waals surface area contributed by atoms with E-state index in [2.05, 4.69) is 62.5 Å². The molecule has 26 nitrogen and oxygen atoms in total. The Morgan fingerprint density at radius 2 is 1.07 bits per heavy atom. The summed E-state index contributed by atoms with van der Waals surface area (Å²) in [5.41, 5.74) is 31.4. The largest absolute Gasteiger partial charge is 0.370 e. The van der Waals surface area contributed by atoms with Gasteiger partial charge < -0.3 is 81.2 Å². The van der Waals surface area contributed by atoms with Crippen molar-refractivity contribution in [1.82, 2.24) is 52.5 Å². The fourth-order valence-electron chi connectivity index (χ4n) is 8.96. The summed E-state index contributed by atoms with van der Waals surface area (Å²) in [7, 11) is 2.03. The lowest BCUT2D eigenvalue weighted by Crippen LogP contribution is -2.61. The lowest BCUT2D eigenvalue weighted by molar-refractivity contribution is -0.135. The molecule has 0 bridgehead atoms. The van der Waals surface area contributed by atoms with Crippen LogP contribution in [0.15, 0.2) is 101 Å². The lowest BCUT2D eigenvalue weighted by Gasteiger charge is -2.27. The number of aromatic amines is 2. The number of carbonyl (C=O) groups is 9. The van der Waals surface area contributed by atoms with Gasteiger partial charge in [-0.1, -0.05) is 88.3 Å². The quantitative estimate of drug-likeness (QED) is 0.0207. The predicted octanol–water partition coefficient (Wildman–Crippen LogP) is -1.42. The molecule has 0 unspecified atom stereocenters. The first-order valence-corrected chi connectivity index (χ1v) is 28.9. The maximum atomic E-state index is 14.9. The number of nitrogens with one attached hydrogen (secondary N) is 10. The second kappa shape index (κ2) is 30.7. The smallest absolute Gasteiger partial charge is 0.244 e. The predicted molar refractivity (Wildman–Crippen MR) is 315 cm³/mol. The second-order valence-corrected chi connectivity index (χ2v) is 22.1. The minimum atomic E-state index is -1.40. The summed E-state index contributed by atoms with van der Waals surface area (Å²) in [5, 5.41) is 23.2. The molecule has 28 heteroatoms. The minimum Gasteiger partial charge on any atom is -0.370 e. The fourth-order valence-corrected chi connectivity index (χ4v) is 11.3. The Hall–Kier alpha value is -8.79. The van der Waals surface area contributed by atoms with Crippen LogP contribution in [0.2, 0.25) is 0 Å². The summed E-state index contributed by atoms with van der Waals surface area (Å²) in [5.74, 6) is -7.88. The van der Waals surface area contributed by atoms with Crippen molar-refractivity contribution >= 4 is 108 Å². The first-order valence-electron chi connectivity index (χ1n) is 26.4. The number of H-pyrrole nitrogens is 2. The summed E-state index contributed by atoms with van der Waals surface area (Å²) in [6, 6.07) is 12.5. The number of guanidine groups is 2. The van der Waals surface area contributed by atoms with Gasteiger partial charge in [-0.05, 0) is 61.4 Å². The highest BCUT2D eigenvalue weighted by Gasteiger charge is 2.35. The number of rotatable bonds is 18. The lowest BCUT2D eigenvalue weighted by atomic mass is 10.0. The molecule has 6 rings (SSSR count). The number of nitrogens with two attached hydrogens (primary N) is 5. The molecule has 5 aromatic rings. The van der Waals surface area contributed by atoms with Gasteiger partial charge in [0, 0.05) is 85.0 Å². The molecule has 1 fully saturated rings. The van der Waals surface area contributed by atoms with Crippen LogP contribution in [0.25, 0.3) is 21.8 Å². The zero-order chi connectivity index (χ0) is 59.3. The van der Waals surface area contributed by atoms with E-state index in [1.807, 2.05) is 42.5 Å². The molecule has 0 saturated carbocycles. The fraction of sp³-hybridized carbons (Fsp3) is 0.389. The molecule has 0 aliphatic carbocycles. The Morgan fingerprint density at radius 3 is 1.63 bits per heavy atom. The Morgan fingerprint density at radius 1 is 0.585 bits per heavy atom. The van der Waals surface area contributed by atoms with Crippen LogP contribution >= 0.6 is 21.6 Å². The van der Waals surface area contributed by atoms with Crippen LogP contribution in [0.1, 0.15) is 56.2 Å². The van der Waals surface area contributed by atoms with Gasteiger partial charge in [0.15, 0.2) is 11.9 Å². The molecule has 1 aliphatic rings. The first-order chi connectivity index (χ1) is 39.3. The Balaban J connectivity index is 1.40. The molecule has 0 spiro atoms. The number of hydrogen-bond acceptors (Lipinski definition) is 13. The first kappa shape index (κ1) is 62.4. The molecule has 2 aromatic heterocycles. The van der Waals surface area contributed by atoms with Crippen molar-refractivity contribution in [3.05, 3.63) is 108 Å². The van der Waals surface area contributed by atoms with Crippen molar-refractivity contribution in [2.24, 2.45) is 38.7 Å². The van der Waals surface area contributed by atoms with Crippen molar-refractivity contribution < 1.29 is 43.2 Å². The van der Waals surface area contributed by atoms with Crippen LogP contribution in [0.3, 0.4) is 0 Å². The van der Waals surface area contributed by atoms with Gasteiger partial charge in [-0.3, -0.25) is 53.1 Å². The van der Waals surface area contributed by atoms with Crippen molar-refractivity contribution in [2.45, 2.75) is 107 Å². The van der Waals surface area contributed by atoms with Crippen LogP contribution in [0.5, 0.6) is 0 Å². The van der Waals surface area contributed by atoms with Gasteiger partial charge in [0.1, 0.15) is 48.3 Å². The number of fused-ring (bicyclic) bond motifs is 2. The van der Waals surface area contributed by atoms with Crippen LogP contribution in [-0.2, 0) is 62.4 Å². The molecule has 0 radical (unpaired) electrons. The van der Waals surface area contributed by atoms with Crippen LogP contribution < -0.4 is 71.2 Å². The van der Waals surface area contributed by atoms with Gasteiger partial charge in [-0.25, -0.2) is 0 Å². The molecule has 82 heavy (non-hydrogen) atoms. The number of para-hydroxylation sites is 2. The number of nitrogens with zero attached hydrogens (tertiary/aromatic N) is 2. The standard InChI is InChI=1S/C54H71N17O9S2/c1-29-46(74)67-41(23-32-25-62-36-16-8-6-14-34(32)36)50(78)68-40(22-31-12-4-3-5-13-31)49(77)66-39(19-11-21-61-54(58)59)48(76)69-42(24-33-26-63-37-17-9-7-15-35(33)37)51(79)70-43(45(55)73)27-81-82-28-44(52(80)64-29)71-47(75)38(65-30(2)72)18-10-20-60-53(56)57/h3-9,12-17,25-26,29,38-44,62-63H,10-11,18-24,27-28H2,1-2H3,(H2,55,73)(H,64,80)(H,65,72)(H,66,77)(H,67,74)(H,68,78)(H,69,76)(H,70,79)(H,71,75)(H4,56,57,60)(H4,58,59,61)/t29-,38+,39+,40-,41+,42+,43+,44+/m1/s1. The average Bonchev–Trinajstić information content (AvgIpc) is 4.14. The van der Waals surface area contributed by atoms with Gasteiger partial charge in [-0.15, -0.1) is 0 Å². The van der Waals surface area contributed by atoms with E-state index >= 15 is 0 Å². The minimum absolute atomic E-state index is 0.0575. The van der Waals surface area contributed by atoms with Crippen molar-refractivity contribution in [1.29, 1.82) is 0 Å². The van der Waals surface area contributed by atoms with E-state index in [1.54, 1.807) is 48.8 Å². The molecular weight excluding hydrogens is 1090 g/mol. The van der Waals surface area contributed by atoms with E-state index < -0.39 is 101 Å². The third-order valence-electron chi connectivity index (χ3n) is 13.2. The number of amides is 9. The topological polar surface area (TPSA) is 436 Å². The number of hydrogen-bond donors (Lipinski definition) is 15. The number of primary amides is 1. The van der Waals surface area contributed by atoms with Crippen LogP contribution in [0, 0.1) is 0 Å². The van der Waals surface area contributed by atoms with Crippen molar-refractivity contribution in [3.8, 4) is 0 Å². The average molecular weight is 1170 g/mol. The van der Waals surface area contributed by atoms with Gasteiger partial charge >= 0.3 is 0 Å². The summed E-state index contributed by atoms with van der Waals surface area (Å²) in [6.07, 6.45) is 3.49. The summed E-state index contributed by atoms with van der Waals surface area (Å²) >= 11 is 0. The Labute approximate surface area is 480 Å². The number of aliphatic imine (C=N–C) groups is 2. The second-order valence-electron chi connectivity index (χ2n) is 19.5. The van der Waals surface area contributed by atoms with Crippen molar-refractivity contribution in [3.63, 3.8) is 0 Å². The van der Waals surface area contributed by atoms with Crippen LogP contribution in [-0.4, -0.2) is 148 Å². The van der Waals surface area contributed by atoms with Crippen molar-refractivity contribution in [2.75, 3.05) is 24.6 Å². The van der Waals surface area contributed by atoms with E-state index in [-0.39, 0.29) is 81.5 Å². The zero-order valence-corrected chi connectivity index (χ0v) is 47.0. The monoisotopic (exact) mass is 1170 g/mol. The van der Waals surface area contributed by atoms with Gasteiger partial charge in [0.25, 0.3) is 0 Å². The van der Waals surface area contributed by atoms with Gasteiger partial charge in [0.05, 0.1) is 0 Å². The Kier molecular flexibility index (Phi) is 23.4. The van der Waals surface area contributed by atoms with E-state index in [0.29, 0.717) is 16.7 Å². The molecule has 3 heterocycles. The third kappa shape index (κ3) is 18.9. The highest BCUT2D eigenvalue weighted by atomic mass is 33.1. The van der Waals surface area contributed by atoms with Gasteiger partial charge in [0.2, 0.25) is 53.2 Å². The molecule has 438 valence electrons. The maximum Gasteiger partial charge on any atom is 0.244 e. The number of aromatic nitrogens is 2. The molecule has 1 aliphatic heterocycles. The van der Waals surface area contributed by atoms with E-state index in [9.17, 15) is 43.2 Å².